The zero-order valence-corrected chi connectivity index (χ0v) is 14.9. The van der Waals surface area contributed by atoms with Gasteiger partial charge in [0.05, 0.1) is 4.92 Å². The van der Waals surface area contributed by atoms with Gasteiger partial charge in [-0.2, -0.15) is 5.26 Å². The lowest BCUT2D eigenvalue weighted by atomic mass is 10.1. The van der Waals surface area contributed by atoms with Crippen molar-refractivity contribution < 1.29 is 14.1 Å². The van der Waals surface area contributed by atoms with Gasteiger partial charge in [0.1, 0.15) is 23.2 Å². The molecule has 2 aromatic carbocycles. The summed E-state index contributed by atoms with van der Waals surface area (Å²) in [5.41, 5.74) is 1.84. The third-order valence-electron chi connectivity index (χ3n) is 4.01. The Morgan fingerprint density at radius 3 is 2.68 bits per heavy atom. The molecule has 7 heteroatoms. The van der Waals surface area contributed by atoms with Crippen LogP contribution in [0.4, 0.5) is 11.4 Å². The lowest BCUT2D eigenvalue weighted by molar-refractivity contribution is -0.384. The number of nitrogens with zero attached hydrogens (tertiary/aromatic N) is 2. The second-order valence-corrected chi connectivity index (χ2v) is 5.95. The number of carbonyl (C=O) groups excluding carboxylic acids is 1. The van der Waals surface area contributed by atoms with Gasteiger partial charge in [-0.1, -0.05) is 30.3 Å². The van der Waals surface area contributed by atoms with E-state index in [0.717, 1.165) is 5.56 Å². The Morgan fingerprint density at radius 1 is 1.18 bits per heavy atom. The maximum Gasteiger partial charge on any atom is 0.270 e. The van der Waals surface area contributed by atoms with E-state index >= 15 is 0 Å². The highest BCUT2D eigenvalue weighted by molar-refractivity contribution is 6.09. The molecular formula is C21H15N3O4. The average molecular weight is 373 g/mol. The topological polar surface area (TPSA) is 109 Å². The highest BCUT2D eigenvalue weighted by Crippen LogP contribution is 2.26. The fourth-order valence-corrected chi connectivity index (χ4v) is 2.55. The number of benzene rings is 2. The van der Waals surface area contributed by atoms with Gasteiger partial charge in [0.25, 0.3) is 11.6 Å². The Labute approximate surface area is 160 Å². The van der Waals surface area contributed by atoms with Crippen molar-refractivity contribution in [2.45, 2.75) is 6.92 Å². The number of para-hydroxylation sites is 1. The highest BCUT2D eigenvalue weighted by Gasteiger charge is 2.13. The van der Waals surface area contributed by atoms with E-state index in [1.54, 1.807) is 36.4 Å². The second kappa shape index (κ2) is 8.01. The normalized spacial score (nSPS) is 10.9. The van der Waals surface area contributed by atoms with Crippen molar-refractivity contribution in [3.8, 4) is 17.4 Å². The Morgan fingerprint density at radius 2 is 1.96 bits per heavy atom. The molecule has 0 radical (unpaired) electrons. The van der Waals surface area contributed by atoms with E-state index in [-0.39, 0.29) is 17.0 Å². The van der Waals surface area contributed by atoms with E-state index in [4.69, 9.17) is 4.42 Å². The van der Waals surface area contributed by atoms with Crippen LogP contribution in [0.15, 0.2) is 70.7 Å². The van der Waals surface area contributed by atoms with Crippen LogP contribution in [0.2, 0.25) is 0 Å². The molecule has 1 aromatic heterocycles. The standard InChI is InChI=1S/C21H15N3O4/c1-14-5-2-3-8-19(14)23-21(25)16(13-22)12-18-9-10-20(28-18)15-6-4-7-17(11-15)24(26)27/h2-12H,1H3,(H,23,25). The SMILES string of the molecule is Cc1ccccc1NC(=O)C(C#N)=Cc1ccc(-c2cccc([N+](=O)[O-])c2)o1. The highest BCUT2D eigenvalue weighted by atomic mass is 16.6. The molecule has 1 N–H and O–H groups in total. The molecule has 0 bridgehead atoms. The molecule has 28 heavy (non-hydrogen) atoms. The van der Waals surface area contributed by atoms with Gasteiger partial charge in [0.2, 0.25) is 0 Å². The van der Waals surface area contributed by atoms with Gasteiger partial charge in [-0.05, 0) is 30.7 Å². The zero-order chi connectivity index (χ0) is 20.1. The number of nitrogens with one attached hydrogen (secondary N) is 1. The maximum absolute atomic E-state index is 12.4. The van der Waals surface area contributed by atoms with Crippen LogP contribution < -0.4 is 5.32 Å². The van der Waals surface area contributed by atoms with Crippen molar-refractivity contribution in [2.24, 2.45) is 0 Å². The van der Waals surface area contributed by atoms with Crippen LogP contribution in [-0.4, -0.2) is 10.8 Å². The van der Waals surface area contributed by atoms with E-state index in [2.05, 4.69) is 5.32 Å². The van der Waals surface area contributed by atoms with Crippen LogP contribution >= 0.6 is 0 Å². The molecule has 0 aliphatic heterocycles. The summed E-state index contributed by atoms with van der Waals surface area (Å²) in [4.78, 5) is 22.8. The first kappa shape index (κ1) is 18.6. The molecule has 138 valence electrons. The number of furan rings is 1. The molecule has 1 amide bonds. The largest absolute Gasteiger partial charge is 0.457 e. The number of aryl methyl sites for hydroxylation is 1. The van der Waals surface area contributed by atoms with E-state index in [9.17, 15) is 20.2 Å². The minimum Gasteiger partial charge on any atom is -0.457 e. The number of nitro groups is 1. The van der Waals surface area contributed by atoms with Gasteiger partial charge in [-0.15, -0.1) is 0 Å². The van der Waals surface area contributed by atoms with Gasteiger partial charge in [-0.3, -0.25) is 14.9 Å². The molecule has 0 aliphatic rings. The third kappa shape index (κ3) is 4.14. The number of amides is 1. The molecule has 3 aromatic rings. The minimum atomic E-state index is -0.551. The summed E-state index contributed by atoms with van der Waals surface area (Å²) in [6.45, 7) is 1.85. The summed E-state index contributed by atoms with van der Waals surface area (Å²) in [6, 6.07) is 18.3. The number of anilines is 1. The lowest BCUT2D eigenvalue weighted by Gasteiger charge is -2.06. The summed E-state index contributed by atoms with van der Waals surface area (Å²) >= 11 is 0. The van der Waals surface area contributed by atoms with Crippen molar-refractivity contribution in [3.05, 3.63) is 87.7 Å². The first-order valence-electron chi connectivity index (χ1n) is 8.31. The van der Waals surface area contributed by atoms with Crippen LogP contribution in [0, 0.1) is 28.4 Å². The number of non-ortho nitro benzene ring substituents is 1. The van der Waals surface area contributed by atoms with E-state index in [1.807, 2.05) is 25.1 Å². The number of carbonyl (C=O) groups is 1. The fourth-order valence-electron chi connectivity index (χ4n) is 2.55. The zero-order valence-electron chi connectivity index (χ0n) is 14.9. The van der Waals surface area contributed by atoms with Crippen LogP contribution in [0.5, 0.6) is 0 Å². The van der Waals surface area contributed by atoms with Gasteiger partial charge in [-0.25, -0.2) is 0 Å². The number of hydrogen-bond donors (Lipinski definition) is 1. The molecule has 0 aliphatic carbocycles. The van der Waals surface area contributed by atoms with Crippen molar-refractivity contribution >= 4 is 23.4 Å². The second-order valence-electron chi connectivity index (χ2n) is 5.95. The molecule has 3 rings (SSSR count). The first-order valence-corrected chi connectivity index (χ1v) is 8.31. The number of nitro benzene ring substituents is 1. The lowest BCUT2D eigenvalue weighted by Crippen LogP contribution is -2.14. The molecule has 0 atom stereocenters. The van der Waals surface area contributed by atoms with Gasteiger partial charge < -0.3 is 9.73 Å². The first-order chi connectivity index (χ1) is 13.5. The van der Waals surface area contributed by atoms with Crippen molar-refractivity contribution in [3.63, 3.8) is 0 Å². The minimum absolute atomic E-state index is 0.0543. The van der Waals surface area contributed by atoms with Crippen molar-refractivity contribution in [1.29, 1.82) is 5.26 Å². The van der Waals surface area contributed by atoms with E-state index in [0.29, 0.717) is 17.0 Å². The van der Waals surface area contributed by atoms with Gasteiger partial charge >= 0.3 is 0 Å². The molecular weight excluding hydrogens is 358 g/mol. The average Bonchev–Trinajstić information content (AvgIpc) is 3.16. The monoisotopic (exact) mass is 373 g/mol. The third-order valence-corrected chi connectivity index (χ3v) is 4.01. The summed E-state index contributed by atoms with van der Waals surface area (Å²) in [6.07, 6.45) is 1.33. The molecule has 1 heterocycles. The van der Waals surface area contributed by atoms with Crippen molar-refractivity contribution in [1.82, 2.24) is 0 Å². The quantitative estimate of drug-likeness (QED) is 0.301. The van der Waals surface area contributed by atoms with Crippen LogP contribution in [-0.2, 0) is 4.79 Å². The number of nitriles is 1. The number of rotatable bonds is 5. The summed E-state index contributed by atoms with van der Waals surface area (Å²) in [5, 5.41) is 22.9. The fraction of sp³-hybridized carbons (Fsp3) is 0.0476. The van der Waals surface area contributed by atoms with Crippen molar-refractivity contribution in [2.75, 3.05) is 5.32 Å². The Bertz CT molecular complexity index is 1120. The Kier molecular flexibility index (Phi) is 5.33. The van der Waals surface area contributed by atoms with E-state index < -0.39 is 10.8 Å². The van der Waals surface area contributed by atoms with Crippen LogP contribution in [0.25, 0.3) is 17.4 Å². The molecule has 0 fully saturated rings. The molecule has 7 nitrogen and oxygen atoms in total. The molecule has 0 saturated heterocycles. The smallest absolute Gasteiger partial charge is 0.270 e. The summed E-state index contributed by atoms with van der Waals surface area (Å²) in [5.74, 6) is 0.134. The van der Waals surface area contributed by atoms with E-state index in [1.165, 1.54) is 18.2 Å². The summed E-state index contributed by atoms with van der Waals surface area (Å²) < 4.78 is 5.63. The molecule has 0 saturated carbocycles. The van der Waals surface area contributed by atoms with Gasteiger partial charge in [0.15, 0.2) is 0 Å². The number of hydrogen-bond acceptors (Lipinski definition) is 5. The van der Waals surface area contributed by atoms with Gasteiger partial charge in [0, 0.05) is 29.5 Å². The van der Waals surface area contributed by atoms with Crippen LogP contribution in [0.1, 0.15) is 11.3 Å². The summed E-state index contributed by atoms with van der Waals surface area (Å²) in [7, 11) is 0. The molecule has 0 unspecified atom stereocenters. The Balaban J connectivity index is 1.83. The molecule has 0 spiro atoms. The Hall–Kier alpha value is -4.18. The van der Waals surface area contributed by atoms with Crippen LogP contribution in [0.3, 0.4) is 0 Å². The predicted octanol–water partition coefficient (Wildman–Crippen LogP) is 4.71. The maximum atomic E-state index is 12.4. The predicted molar refractivity (Wildman–Crippen MR) is 104 cm³/mol.